The molecule has 1 heterocycles. The number of urea groups is 1. The fourth-order valence-electron chi connectivity index (χ4n) is 4.22. The average Bonchev–Trinajstić information content (AvgIpc) is 2.93. The van der Waals surface area contributed by atoms with Crippen molar-refractivity contribution in [1.29, 1.82) is 0 Å². The highest BCUT2D eigenvalue weighted by molar-refractivity contribution is 6.09. The second kappa shape index (κ2) is 8.63. The van der Waals surface area contributed by atoms with Crippen LogP contribution in [0.3, 0.4) is 0 Å². The molecule has 5 amide bonds. The van der Waals surface area contributed by atoms with E-state index >= 15 is 0 Å². The van der Waals surface area contributed by atoms with Gasteiger partial charge in [0.1, 0.15) is 12.1 Å². The fraction of sp³-hybridized carbons (Fsp3) is 0.524. The van der Waals surface area contributed by atoms with Gasteiger partial charge in [0.25, 0.3) is 5.91 Å². The van der Waals surface area contributed by atoms with E-state index in [9.17, 15) is 19.2 Å². The molecule has 1 aliphatic heterocycles. The Hall–Kier alpha value is -2.90. The van der Waals surface area contributed by atoms with E-state index < -0.39 is 17.5 Å². The number of carbonyl (C=O) groups excluding carboxylic acids is 4. The zero-order valence-electron chi connectivity index (χ0n) is 16.7. The van der Waals surface area contributed by atoms with E-state index in [2.05, 4.69) is 5.32 Å². The van der Waals surface area contributed by atoms with Gasteiger partial charge < -0.3 is 16.0 Å². The monoisotopic (exact) mass is 400 g/mol. The third-order valence-corrected chi connectivity index (χ3v) is 5.99. The summed E-state index contributed by atoms with van der Waals surface area (Å²) in [4.78, 5) is 52.3. The van der Waals surface area contributed by atoms with Crippen molar-refractivity contribution in [1.82, 2.24) is 15.1 Å². The Morgan fingerprint density at radius 2 is 1.97 bits per heavy atom. The second-order valence-electron chi connectivity index (χ2n) is 7.96. The highest BCUT2D eigenvalue weighted by Gasteiger charge is 2.55. The number of hydrogen-bond donors (Lipinski definition) is 2. The predicted molar refractivity (Wildman–Crippen MR) is 106 cm³/mol. The lowest BCUT2D eigenvalue weighted by molar-refractivity contribution is -0.141. The Morgan fingerprint density at radius 1 is 1.24 bits per heavy atom. The summed E-state index contributed by atoms with van der Waals surface area (Å²) in [5.41, 5.74) is 5.24. The molecule has 1 aromatic rings. The minimum Gasteiger partial charge on any atom is -0.370 e. The van der Waals surface area contributed by atoms with Crippen molar-refractivity contribution in [3.63, 3.8) is 0 Å². The molecule has 1 spiro atoms. The van der Waals surface area contributed by atoms with Crippen LogP contribution < -0.4 is 11.1 Å². The second-order valence-corrected chi connectivity index (χ2v) is 7.96. The van der Waals surface area contributed by atoms with Gasteiger partial charge in [0.2, 0.25) is 11.8 Å². The lowest BCUT2D eigenvalue weighted by Crippen LogP contribution is -2.54. The van der Waals surface area contributed by atoms with E-state index in [0.717, 1.165) is 29.7 Å². The zero-order valence-corrected chi connectivity index (χ0v) is 16.7. The van der Waals surface area contributed by atoms with Gasteiger partial charge in [-0.25, -0.2) is 4.79 Å². The van der Waals surface area contributed by atoms with Crippen molar-refractivity contribution in [2.24, 2.45) is 11.7 Å². The summed E-state index contributed by atoms with van der Waals surface area (Å²) in [7, 11) is 0. The number of amides is 5. The summed E-state index contributed by atoms with van der Waals surface area (Å²) in [6.45, 7) is 2.04. The van der Waals surface area contributed by atoms with Crippen molar-refractivity contribution in [2.75, 3.05) is 13.1 Å². The highest BCUT2D eigenvalue weighted by atomic mass is 16.2. The van der Waals surface area contributed by atoms with E-state index in [1.165, 1.54) is 4.90 Å². The molecule has 156 valence electrons. The Bertz CT molecular complexity index is 797. The van der Waals surface area contributed by atoms with Crippen LogP contribution in [0.5, 0.6) is 0 Å². The molecular weight excluding hydrogens is 372 g/mol. The first kappa shape index (κ1) is 20.8. The lowest BCUT2D eigenvalue weighted by atomic mass is 9.73. The summed E-state index contributed by atoms with van der Waals surface area (Å²) in [5, 5.41) is 2.86. The van der Waals surface area contributed by atoms with Crippen LogP contribution in [0.1, 0.15) is 44.6 Å². The molecule has 0 bridgehead atoms. The van der Waals surface area contributed by atoms with Crippen molar-refractivity contribution in [2.45, 2.75) is 51.1 Å². The van der Waals surface area contributed by atoms with Crippen LogP contribution in [0.4, 0.5) is 4.79 Å². The summed E-state index contributed by atoms with van der Waals surface area (Å²) in [6.07, 6.45) is 3.38. The number of hydrogen-bond acceptors (Lipinski definition) is 4. The maximum atomic E-state index is 13.1. The molecule has 2 fully saturated rings. The van der Waals surface area contributed by atoms with Gasteiger partial charge in [0.05, 0.1) is 0 Å². The Morgan fingerprint density at radius 3 is 2.62 bits per heavy atom. The normalized spacial score (nSPS) is 23.9. The molecule has 1 saturated heterocycles. The Balaban J connectivity index is 1.73. The maximum absolute atomic E-state index is 13.1. The van der Waals surface area contributed by atoms with Gasteiger partial charge in [-0.05, 0) is 24.3 Å². The van der Waals surface area contributed by atoms with Crippen LogP contribution in [0, 0.1) is 5.92 Å². The number of primary amides is 1. The van der Waals surface area contributed by atoms with Crippen molar-refractivity contribution < 1.29 is 19.2 Å². The van der Waals surface area contributed by atoms with Crippen LogP contribution >= 0.6 is 0 Å². The molecule has 29 heavy (non-hydrogen) atoms. The zero-order chi connectivity index (χ0) is 21.0. The van der Waals surface area contributed by atoms with Crippen LogP contribution in [0.15, 0.2) is 30.3 Å². The predicted octanol–water partition coefficient (Wildman–Crippen LogP) is 1.39. The van der Waals surface area contributed by atoms with Gasteiger partial charge in [-0.1, -0.05) is 50.1 Å². The molecule has 8 heteroatoms. The van der Waals surface area contributed by atoms with Crippen LogP contribution in [-0.2, 0) is 20.9 Å². The maximum Gasteiger partial charge on any atom is 0.325 e. The Kier molecular flexibility index (Phi) is 6.20. The number of nitrogens with one attached hydrogen (secondary N) is 1. The van der Waals surface area contributed by atoms with Gasteiger partial charge in [-0.3, -0.25) is 19.3 Å². The molecule has 1 aliphatic carbocycles. The van der Waals surface area contributed by atoms with Gasteiger partial charge in [0, 0.05) is 19.5 Å². The molecule has 2 atom stereocenters. The van der Waals surface area contributed by atoms with Crippen LogP contribution in [0.2, 0.25) is 0 Å². The minimum atomic E-state index is -0.896. The molecule has 3 N–H and O–H groups in total. The molecule has 1 saturated carbocycles. The molecule has 8 nitrogen and oxygen atoms in total. The Labute approximate surface area is 170 Å². The molecule has 2 aliphatic rings. The number of carbonyl (C=O) groups is 4. The summed E-state index contributed by atoms with van der Waals surface area (Å²) in [6, 6.07) is 8.81. The first-order valence-electron chi connectivity index (χ1n) is 10.1. The summed E-state index contributed by atoms with van der Waals surface area (Å²) >= 11 is 0. The number of nitrogens with two attached hydrogens (primary N) is 1. The molecule has 0 aromatic heterocycles. The van der Waals surface area contributed by atoms with E-state index in [1.54, 1.807) is 0 Å². The minimum absolute atomic E-state index is 0.0136. The first-order valence-corrected chi connectivity index (χ1v) is 10.1. The highest BCUT2D eigenvalue weighted by Crippen LogP contribution is 2.38. The fourth-order valence-corrected chi connectivity index (χ4v) is 4.22. The largest absolute Gasteiger partial charge is 0.370 e. The SMILES string of the molecule is CC1CCCCC12NC(=O)N(CC(=O)N(CCC(N)=O)Cc1ccccc1)C2=O. The van der Waals surface area contributed by atoms with Crippen molar-refractivity contribution in [3.05, 3.63) is 35.9 Å². The summed E-state index contributed by atoms with van der Waals surface area (Å²) in [5.74, 6) is -1.19. The molecular formula is C21H28N4O4. The molecule has 1 aromatic carbocycles. The smallest absolute Gasteiger partial charge is 0.325 e. The standard InChI is InChI=1S/C21H28N4O4/c1-15-7-5-6-11-21(15)19(28)25(20(29)23-21)14-18(27)24(12-10-17(22)26)13-16-8-3-2-4-9-16/h2-4,8-9,15H,5-7,10-14H2,1H3,(H2,22,26)(H,23,29). The quantitative estimate of drug-likeness (QED) is 0.674. The van der Waals surface area contributed by atoms with E-state index in [4.69, 9.17) is 5.73 Å². The third kappa shape index (κ3) is 4.41. The molecule has 3 rings (SSSR count). The topological polar surface area (TPSA) is 113 Å². The van der Waals surface area contributed by atoms with Gasteiger partial charge in [-0.2, -0.15) is 0 Å². The van der Waals surface area contributed by atoms with Gasteiger partial charge >= 0.3 is 6.03 Å². The van der Waals surface area contributed by atoms with E-state index in [-0.39, 0.29) is 43.8 Å². The molecule has 2 unspecified atom stereocenters. The van der Waals surface area contributed by atoms with Gasteiger partial charge in [0.15, 0.2) is 0 Å². The first-order chi connectivity index (χ1) is 13.8. The third-order valence-electron chi connectivity index (χ3n) is 5.99. The number of rotatable bonds is 7. The van der Waals surface area contributed by atoms with Gasteiger partial charge in [-0.15, -0.1) is 0 Å². The van der Waals surface area contributed by atoms with Crippen LogP contribution in [-0.4, -0.2) is 52.2 Å². The lowest BCUT2D eigenvalue weighted by Gasteiger charge is -2.36. The van der Waals surface area contributed by atoms with Crippen molar-refractivity contribution in [3.8, 4) is 0 Å². The average molecular weight is 400 g/mol. The van der Waals surface area contributed by atoms with E-state index in [0.29, 0.717) is 6.42 Å². The number of imide groups is 1. The summed E-state index contributed by atoms with van der Waals surface area (Å²) < 4.78 is 0. The van der Waals surface area contributed by atoms with Crippen LogP contribution in [0.25, 0.3) is 0 Å². The van der Waals surface area contributed by atoms with E-state index in [1.807, 2.05) is 37.3 Å². The van der Waals surface area contributed by atoms with Crippen molar-refractivity contribution >= 4 is 23.8 Å². The number of nitrogens with zero attached hydrogens (tertiary/aromatic N) is 2. The molecule has 0 radical (unpaired) electrons. The number of benzene rings is 1.